The minimum absolute atomic E-state index is 0.0421. The van der Waals surface area contributed by atoms with Crippen molar-refractivity contribution >= 4 is 40.3 Å². The summed E-state index contributed by atoms with van der Waals surface area (Å²) >= 11 is 0. The van der Waals surface area contributed by atoms with E-state index in [2.05, 4.69) is 16.0 Å². The lowest BCUT2D eigenvalue weighted by atomic mass is 9.87. The van der Waals surface area contributed by atoms with Gasteiger partial charge < -0.3 is 20.4 Å². The zero-order valence-corrected chi connectivity index (χ0v) is 23.5. The summed E-state index contributed by atoms with van der Waals surface area (Å²) in [6.07, 6.45) is 6.45. The van der Waals surface area contributed by atoms with Crippen molar-refractivity contribution in [3.05, 3.63) is 36.1 Å². The number of Topliss-reactive ketones (excluding diaryl/α,β-unsaturated/α-hetero) is 2. The van der Waals surface area contributed by atoms with Crippen molar-refractivity contribution in [2.45, 2.75) is 90.1 Å². The van der Waals surface area contributed by atoms with Crippen LogP contribution in [-0.2, 0) is 19.2 Å². The molecule has 9 nitrogen and oxygen atoms in total. The van der Waals surface area contributed by atoms with Crippen molar-refractivity contribution in [2.75, 3.05) is 6.54 Å². The van der Waals surface area contributed by atoms with Crippen molar-refractivity contribution in [3.63, 3.8) is 0 Å². The average Bonchev–Trinajstić information content (AvgIpc) is 3.38. The number of nitrogens with one attached hydrogen (secondary N) is 3. The van der Waals surface area contributed by atoms with Gasteiger partial charge in [0, 0.05) is 36.2 Å². The van der Waals surface area contributed by atoms with Crippen molar-refractivity contribution in [2.24, 2.45) is 17.8 Å². The molecule has 2 heterocycles. The van der Waals surface area contributed by atoms with Crippen LogP contribution < -0.4 is 16.0 Å². The highest BCUT2D eigenvalue weighted by Crippen LogP contribution is 2.25. The quantitative estimate of drug-likeness (QED) is 0.269. The fourth-order valence-electron chi connectivity index (χ4n) is 5.82. The van der Waals surface area contributed by atoms with Gasteiger partial charge >= 0.3 is 0 Å². The number of rotatable bonds is 12. The van der Waals surface area contributed by atoms with E-state index in [-0.39, 0.29) is 42.3 Å². The molecule has 1 aliphatic carbocycles. The Morgan fingerprint density at radius 3 is 2.48 bits per heavy atom. The van der Waals surface area contributed by atoms with E-state index >= 15 is 0 Å². The lowest BCUT2D eigenvalue weighted by molar-refractivity contribution is -0.142. The monoisotopic (exact) mass is 551 g/mol. The van der Waals surface area contributed by atoms with Crippen LogP contribution in [0.5, 0.6) is 0 Å². The van der Waals surface area contributed by atoms with Crippen LogP contribution in [0.2, 0.25) is 0 Å². The van der Waals surface area contributed by atoms with Crippen molar-refractivity contribution in [1.82, 2.24) is 16.0 Å². The first-order valence-corrected chi connectivity index (χ1v) is 14.7. The Balaban J connectivity index is 1.49. The Morgan fingerprint density at radius 1 is 1.02 bits per heavy atom. The van der Waals surface area contributed by atoms with Gasteiger partial charge in [0.05, 0.1) is 6.04 Å². The standard InChI is InChI=1S/C31H41N3O6/c1-19(2)15-22(17-25(35)27-18-20-9-6-7-13-26(20)40-27)30(38)34-24(16-21-10-8-14-32-29(21)37)28(36)31(39)33-23-11-4-3-5-12-23/h6-7,9,13,18-19,21-24H,3-5,8,10-12,14-17H2,1-2H3,(H,32,37)(H,33,39)(H,34,38)/t21-,22+,24-/m0/s1. The summed E-state index contributed by atoms with van der Waals surface area (Å²) in [5, 5.41) is 9.23. The van der Waals surface area contributed by atoms with Crippen LogP contribution >= 0.6 is 0 Å². The van der Waals surface area contributed by atoms with E-state index in [0.717, 1.165) is 43.9 Å². The molecular weight excluding hydrogens is 510 g/mol. The second-order valence-electron chi connectivity index (χ2n) is 11.7. The highest BCUT2D eigenvalue weighted by molar-refractivity contribution is 6.38. The summed E-state index contributed by atoms with van der Waals surface area (Å²) in [6.45, 7) is 4.49. The van der Waals surface area contributed by atoms with Crippen LogP contribution in [0.4, 0.5) is 0 Å². The fourth-order valence-corrected chi connectivity index (χ4v) is 5.82. The first kappa shape index (κ1) is 29.5. The maximum atomic E-state index is 13.6. The molecule has 1 saturated carbocycles. The van der Waals surface area contributed by atoms with Gasteiger partial charge in [0.2, 0.25) is 17.6 Å². The number of carbonyl (C=O) groups excluding carboxylic acids is 5. The maximum absolute atomic E-state index is 13.6. The number of para-hydroxylation sites is 1. The molecule has 0 radical (unpaired) electrons. The highest BCUT2D eigenvalue weighted by atomic mass is 16.3. The molecule has 2 aliphatic rings. The number of hydrogen-bond donors (Lipinski definition) is 3. The average molecular weight is 552 g/mol. The van der Waals surface area contributed by atoms with Crippen LogP contribution in [-0.4, -0.2) is 47.9 Å². The lowest BCUT2D eigenvalue weighted by Crippen LogP contribution is -2.53. The van der Waals surface area contributed by atoms with Gasteiger partial charge in [-0.1, -0.05) is 51.3 Å². The Kier molecular flexibility index (Phi) is 10.1. The van der Waals surface area contributed by atoms with Crippen molar-refractivity contribution in [1.29, 1.82) is 0 Å². The molecule has 4 rings (SSSR count). The third kappa shape index (κ3) is 7.79. The molecule has 3 N–H and O–H groups in total. The first-order chi connectivity index (χ1) is 19.2. The molecular formula is C31H41N3O6. The second kappa shape index (κ2) is 13.7. The molecule has 216 valence electrons. The molecule has 2 aromatic rings. The molecule has 3 amide bonds. The second-order valence-corrected chi connectivity index (χ2v) is 11.7. The smallest absolute Gasteiger partial charge is 0.289 e. The van der Waals surface area contributed by atoms with Gasteiger partial charge in [-0.05, 0) is 56.6 Å². The van der Waals surface area contributed by atoms with E-state index in [9.17, 15) is 24.0 Å². The number of furan rings is 1. The molecule has 3 atom stereocenters. The molecule has 1 saturated heterocycles. The third-order valence-corrected chi connectivity index (χ3v) is 7.98. The number of carbonyl (C=O) groups is 5. The van der Waals surface area contributed by atoms with E-state index in [1.807, 2.05) is 32.0 Å². The van der Waals surface area contributed by atoms with Crippen LogP contribution in [0.3, 0.4) is 0 Å². The number of fused-ring (bicyclic) bond motifs is 1. The molecule has 0 bridgehead atoms. The highest BCUT2D eigenvalue weighted by Gasteiger charge is 2.36. The van der Waals surface area contributed by atoms with Crippen molar-refractivity contribution < 1.29 is 28.4 Å². The number of benzene rings is 1. The summed E-state index contributed by atoms with van der Waals surface area (Å²) in [6, 6.07) is 7.77. The predicted octanol–water partition coefficient (Wildman–Crippen LogP) is 4.09. The lowest BCUT2D eigenvalue weighted by Gasteiger charge is -2.28. The fraction of sp³-hybridized carbons (Fsp3) is 0.581. The summed E-state index contributed by atoms with van der Waals surface area (Å²) < 4.78 is 5.72. The third-order valence-electron chi connectivity index (χ3n) is 7.98. The molecule has 2 fully saturated rings. The summed E-state index contributed by atoms with van der Waals surface area (Å²) in [5.74, 6) is -3.35. The number of amides is 3. The summed E-state index contributed by atoms with van der Waals surface area (Å²) in [5.41, 5.74) is 0.594. The molecule has 0 spiro atoms. The van der Waals surface area contributed by atoms with Crippen LogP contribution in [0, 0.1) is 17.8 Å². The van der Waals surface area contributed by atoms with E-state index in [1.165, 1.54) is 0 Å². The van der Waals surface area contributed by atoms with Gasteiger partial charge in [0.1, 0.15) is 5.58 Å². The Bertz CT molecular complexity index is 1200. The number of hydrogen-bond acceptors (Lipinski definition) is 6. The van der Waals surface area contributed by atoms with E-state index in [0.29, 0.717) is 25.0 Å². The SMILES string of the molecule is CC(C)C[C@H](CC(=O)c1cc2ccccc2o1)C(=O)N[C@@H](C[C@@H]1CCCNC1=O)C(=O)C(=O)NC1CCCCC1. The van der Waals surface area contributed by atoms with E-state index in [1.54, 1.807) is 12.1 Å². The van der Waals surface area contributed by atoms with Gasteiger partial charge in [0.15, 0.2) is 11.5 Å². The minimum Gasteiger partial charge on any atom is -0.453 e. The van der Waals surface area contributed by atoms with Gasteiger partial charge in [-0.2, -0.15) is 0 Å². The van der Waals surface area contributed by atoms with Gasteiger partial charge in [0.25, 0.3) is 5.91 Å². The van der Waals surface area contributed by atoms with Gasteiger partial charge in [-0.15, -0.1) is 0 Å². The number of ketones is 2. The molecule has 0 unspecified atom stereocenters. The predicted molar refractivity (Wildman–Crippen MR) is 150 cm³/mol. The molecule has 40 heavy (non-hydrogen) atoms. The van der Waals surface area contributed by atoms with Gasteiger partial charge in [-0.3, -0.25) is 24.0 Å². The number of piperidine rings is 1. The zero-order chi connectivity index (χ0) is 28.6. The summed E-state index contributed by atoms with van der Waals surface area (Å²) in [7, 11) is 0. The zero-order valence-electron chi connectivity index (χ0n) is 23.5. The first-order valence-electron chi connectivity index (χ1n) is 14.7. The van der Waals surface area contributed by atoms with Crippen LogP contribution in [0.25, 0.3) is 11.0 Å². The molecule has 1 aromatic heterocycles. The normalized spacial score (nSPS) is 19.6. The molecule has 1 aliphatic heterocycles. The van der Waals surface area contributed by atoms with Crippen LogP contribution in [0.15, 0.2) is 34.7 Å². The summed E-state index contributed by atoms with van der Waals surface area (Å²) in [4.78, 5) is 65.6. The Labute approximate surface area is 235 Å². The molecule has 9 heteroatoms. The van der Waals surface area contributed by atoms with E-state index in [4.69, 9.17) is 4.42 Å². The van der Waals surface area contributed by atoms with Gasteiger partial charge in [-0.25, -0.2) is 0 Å². The van der Waals surface area contributed by atoms with Crippen molar-refractivity contribution in [3.8, 4) is 0 Å². The minimum atomic E-state index is -1.15. The largest absolute Gasteiger partial charge is 0.453 e. The van der Waals surface area contributed by atoms with Crippen LogP contribution in [0.1, 0.15) is 88.6 Å². The van der Waals surface area contributed by atoms with E-state index < -0.39 is 35.5 Å². The topological polar surface area (TPSA) is 135 Å². The molecule has 1 aromatic carbocycles. The Morgan fingerprint density at radius 2 is 1.77 bits per heavy atom. The maximum Gasteiger partial charge on any atom is 0.289 e. The Hall–Kier alpha value is -3.49.